The van der Waals surface area contributed by atoms with Crippen LogP contribution >= 0.6 is 0 Å². The van der Waals surface area contributed by atoms with Gasteiger partial charge < -0.3 is 47.4 Å². The maximum Gasteiger partial charge on any atom is 0.339 e. The molecule has 0 aromatic heterocycles. The fraction of sp³-hybridized carbons (Fsp3) is 0.414. The van der Waals surface area contributed by atoms with E-state index in [1.54, 1.807) is 35.5 Å². The molecule has 0 bridgehead atoms. The Bertz CT molecular complexity index is 1450. The number of esters is 1. The first kappa shape index (κ1) is 26.5. The Balaban J connectivity index is 1.57. The van der Waals surface area contributed by atoms with E-state index >= 15 is 0 Å². The SMILES string of the molecule is COC[C@H]1O[C@@H](Oc2c3c(c(-c4ccc5c(c4)OCO5)c4cc(OC)c(OC)cc24)C(=O)OC3)[C@H](OC)[C@H]1OC. The lowest BCUT2D eigenvalue weighted by Crippen LogP contribution is -2.39. The summed E-state index contributed by atoms with van der Waals surface area (Å²) in [5.41, 5.74) is 2.37. The maximum absolute atomic E-state index is 13.3. The molecule has 4 atom stereocenters. The molecule has 1 fully saturated rings. The first-order valence-electron chi connectivity index (χ1n) is 12.7. The zero-order chi connectivity index (χ0) is 28.0. The van der Waals surface area contributed by atoms with Gasteiger partial charge >= 0.3 is 5.97 Å². The van der Waals surface area contributed by atoms with Gasteiger partial charge in [-0.3, -0.25) is 0 Å². The quantitative estimate of drug-likeness (QED) is 0.361. The predicted octanol–water partition coefficient (Wildman–Crippen LogP) is 3.70. The smallest absolute Gasteiger partial charge is 0.339 e. The van der Waals surface area contributed by atoms with Crippen molar-refractivity contribution in [3.8, 4) is 39.9 Å². The Morgan fingerprint density at radius 3 is 2.25 bits per heavy atom. The van der Waals surface area contributed by atoms with Crippen molar-refractivity contribution in [2.24, 2.45) is 0 Å². The van der Waals surface area contributed by atoms with Crippen molar-refractivity contribution in [3.63, 3.8) is 0 Å². The average Bonchev–Trinajstić information content (AvgIpc) is 3.69. The first-order chi connectivity index (χ1) is 19.5. The second-order valence-corrected chi connectivity index (χ2v) is 9.47. The van der Waals surface area contributed by atoms with Gasteiger partial charge in [-0.15, -0.1) is 0 Å². The van der Waals surface area contributed by atoms with E-state index in [9.17, 15) is 4.79 Å². The van der Waals surface area contributed by atoms with Crippen LogP contribution in [0.15, 0.2) is 30.3 Å². The number of carbonyl (C=O) groups is 1. The van der Waals surface area contributed by atoms with Crippen LogP contribution in [-0.2, 0) is 30.3 Å². The summed E-state index contributed by atoms with van der Waals surface area (Å²) in [7, 11) is 7.85. The summed E-state index contributed by atoms with van der Waals surface area (Å²) < 4.78 is 57.5. The van der Waals surface area contributed by atoms with Gasteiger partial charge in [-0.05, 0) is 35.2 Å². The minimum atomic E-state index is -0.859. The number of fused-ring (bicyclic) bond motifs is 3. The van der Waals surface area contributed by atoms with Gasteiger partial charge in [0.25, 0.3) is 0 Å². The van der Waals surface area contributed by atoms with E-state index in [0.717, 1.165) is 5.56 Å². The predicted molar refractivity (Wildman–Crippen MR) is 140 cm³/mol. The minimum absolute atomic E-state index is 0.0188. The molecule has 0 N–H and O–H groups in total. The molecule has 1 saturated heterocycles. The molecule has 0 aliphatic carbocycles. The van der Waals surface area contributed by atoms with Crippen LogP contribution in [-0.4, -0.2) is 79.5 Å². The lowest BCUT2D eigenvalue weighted by atomic mass is 9.89. The number of benzene rings is 3. The van der Waals surface area contributed by atoms with Crippen molar-refractivity contribution < 1.29 is 52.2 Å². The molecule has 3 aliphatic heterocycles. The van der Waals surface area contributed by atoms with E-state index < -0.39 is 30.6 Å². The molecule has 11 heteroatoms. The van der Waals surface area contributed by atoms with E-state index in [4.69, 9.17) is 47.4 Å². The van der Waals surface area contributed by atoms with E-state index in [1.807, 2.05) is 30.3 Å². The molecule has 3 heterocycles. The van der Waals surface area contributed by atoms with Crippen molar-refractivity contribution in [1.29, 1.82) is 0 Å². The molecule has 0 radical (unpaired) electrons. The summed E-state index contributed by atoms with van der Waals surface area (Å²) >= 11 is 0. The van der Waals surface area contributed by atoms with Gasteiger partial charge in [-0.1, -0.05) is 6.07 Å². The number of cyclic esters (lactones) is 1. The van der Waals surface area contributed by atoms with Gasteiger partial charge in [0.15, 0.2) is 23.0 Å². The molecule has 11 nitrogen and oxygen atoms in total. The molecule has 0 spiro atoms. The molecule has 212 valence electrons. The lowest BCUT2D eigenvalue weighted by Gasteiger charge is -2.24. The molecule has 3 aromatic carbocycles. The summed E-state index contributed by atoms with van der Waals surface area (Å²) in [6, 6.07) is 9.19. The standard InChI is InChI=1S/C29H30O11/c1-31-12-22-26(34-4)27(35-5)29(39-22)40-25-16-10-20(33-3)19(32-2)9-15(16)23(24-17(25)11-36-28(24)30)14-6-7-18-21(8-14)38-13-37-18/h6-10,22,26-27,29H,11-13H2,1-5H3/t22-,26+,27-,29+/m1/s1. The fourth-order valence-electron chi connectivity index (χ4n) is 5.63. The van der Waals surface area contributed by atoms with Crippen molar-refractivity contribution >= 4 is 16.7 Å². The van der Waals surface area contributed by atoms with Crippen LogP contribution in [0.2, 0.25) is 0 Å². The topological polar surface area (TPSA) is 109 Å². The van der Waals surface area contributed by atoms with E-state index in [-0.39, 0.29) is 20.0 Å². The van der Waals surface area contributed by atoms with E-state index in [1.165, 1.54) is 0 Å². The zero-order valence-electron chi connectivity index (χ0n) is 22.8. The average molecular weight is 555 g/mol. The maximum atomic E-state index is 13.3. The van der Waals surface area contributed by atoms with Crippen molar-refractivity contribution in [2.75, 3.05) is 48.9 Å². The zero-order valence-corrected chi connectivity index (χ0v) is 22.8. The Kier molecular flexibility index (Phi) is 7.05. The lowest BCUT2D eigenvalue weighted by molar-refractivity contribution is -0.125. The van der Waals surface area contributed by atoms with E-state index in [2.05, 4.69) is 0 Å². The summed E-state index contributed by atoms with van der Waals surface area (Å²) in [4.78, 5) is 13.3. The van der Waals surface area contributed by atoms with Crippen molar-refractivity contribution in [2.45, 2.75) is 31.2 Å². The summed E-state index contributed by atoms with van der Waals surface area (Å²) in [5.74, 6) is 2.15. The van der Waals surface area contributed by atoms with Crippen LogP contribution in [0.4, 0.5) is 0 Å². The van der Waals surface area contributed by atoms with E-state index in [0.29, 0.717) is 56.2 Å². The highest BCUT2D eigenvalue weighted by molar-refractivity contribution is 6.14. The Hall–Kier alpha value is -3.77. The molecule has 0 amide bonds. The highest BCUT2D eigenvalue weighted by atomic mass is 16.7. The second-order valence-electron chi connectivity index (χ2n) is 9.47. The molecule has 3 aromatic rings. The summed E-state index contributed by atoms with van der Waals surface area (Å²) in [5, 5.41) is 1.36. The van der Waals surface area contributed by atoms with Crippen molar-refractivity contribution in [3.05, 3.63) is 41.5 Å². The van der Waals surface area contributed by atoms with Gasteiger partial charge in [0.05, 0.1) is 26.4 Å². The molecule has 40 heavy (non-hydrogen) atoms. The van der Waals surface area contributed by atoms with Crippen LogP contribution in [0.25, 0.3) is 21.9 Å². The molecule has 0 unspecified atom stereocenters. The second kappa shape index (κ2) is 10.7. The number of hydrogen-bond donors (Lipinski definition) is 0. The molecule has 6 rings (SSSR count). The molecule has 0 saturated carbocycles. The monoisotopic (exact) mass is 554 g/mol. The number of hydrogen-bond acceptors (Lipinski definition) is 11. The number of carbonyl (C=O) groups excluding carboxylic acids is 1. The largest absolute Gasteiger partial charge is 0.493 e. The van der Waals surface area contributed by atoms with Gasteiger partial charge in [-0.2, -0.15) is 0 Å². The van der Waals surface area contributed by atoms with Crippen LogP contribution in [0.5, 0.6) is 28.7 Å². The number of rotatable bonds is 9. The van der Waals surface area contributed by atoms with Gasteiger partial charge in [0.1, 0.15) is 30.7 Å². The number of ether oxygens (including phenoxy) is 10. The normalized spacial score (nSPS) is 22.9. The molecular formula is C29H30O11. The third-order valence-corrected chi connectivity index (χ3v) is 7.45. The van der Waals surface area contributed by atoms with Crippen molar-refractivity contribution in [1.82, 2.24) is 0 Å². The third kappa shape index (κ3) is 4.17. The molecule has 3 aliphatic rings. The minimum Gasteiger partial charge on any atom is -0.493 e. The van der Waals surface area contributed by atoms with Gasteiger partial charge in [0, 0.05) is 37.8 Å². The molecular weight excluding hydrogens is 524 g/mol. The van der Waals surface area contributed by atoms with Gasteiger partial charge in [-0.25, -0.2) is 4.79 Å². The van der Waals surface area contributed by atoms with Crippen LogP contribution in [0.3, 0.4) is 0 Å². The Morgan fingerprint density at radius 2 is 1.55 bits per heavy atom. The third-order valence-electron chi connectivity index (χ3n) is 7.45. The summed E-state index contributed by atoms with van der Waals surface area (Å²) in [6.07, 6.45) is -2.29. The van der Waals surface area contributed by atoms with Crippen LogP contribution < -0.4 is 23.7 Å². The van der Waals surface area contributed by atoms with Gasteiger partial charge in [0.2, 0.25) is 13.1 Å². The Labute approximate surface area is 230 Å². The highest BCUT2D eigenvalue weighted by Crippen LogP contribution is 2.50. The first-order valence-corrected chi connectivity index (χ1v) is 12.7. The number of methoxy groups -OCH3 is 5. The fourth-order valence-corrected chi connectivity index (χ4v) is 5.63. The Morgan fingerprint density at radius 1 is 0.825 bits per heavy atom. The summed E-state index contributed by atoms with van der Waals surface area (Å²) in [6.45, 7) is 0.434. The highest BCUT2D eigenvalue weighted by Gasteiger charge is 2.48. The van der Waals surface area contributed by atoms with Crippen LogP contribution in [0, 0.1) is 0 Å². The van der Waals surface area contributed by atoms with Crippen LogP contribution in [0.1, 0.15) is 15.9 Å².